The van der Waals surface area contributed by atoms with Gasteiger partial charge >= 0.3 is 0 Å². The average molecular weight is 704 g/mol. The van der Waals surface area contributed by atoms with E-state index in [1.807, 2.05) is 6.07 Å². The van der Waals surface area contributed by atoms with Crippen LogP contribution < -0.4 is 5.32 Å². The number of aliphatic imine (C=N–C) groups is 2. The van der Waals surface area contributed by atoms with E-state index in [9.17, 15) is 0 Å². The van der Waals surface area contributed by atoms with E-state index in [2.05, 4.69) is 187 Å². The SMILES string of the molecule is c1ccc(-c2ccc(-c3cccc4oc5cccc(C6=NC(c7ccc8ccccc8c7)=NC(c7ccc8ccc9ccccc9c8c7)N6)c5c34)cc2)cc1. The van der Waals surface area contributed by atoms with Gasteiger partial charge < -0.3 is 9.73 Å². The molecule has 1 aromatic heterocycles. The van der Waals surface area contributed by atoms with Crippen LogP contribution in [0.2, 0.25) is 0 Å². The van der Waals surface area contributed by atoms with Gasteiger partial charge in [-0.3, -0.25) is 0 Å². The maximum absolute atomic E-state index is 6.59. The van der Waals surface area contributed by atoms with Crippen LogP contribution in [0.25, 0.3) is 76.5 Å². The molecule has 0 spiro atoms. The molecule has 9 aromatic carbocycles. The highest BCUT2D eigenvalue weighted by atomic mass is 16.3. The molecule has 0 saturated carbocycles. The van der Waals surface area contributed by atoms with Gasteiger partial charge in [0.05, 0.1) is 0 Å². The Bertz CT molecular complexity index is 3170. The average Bonchev–Trinajstić information content (AvgIpc) is 3.66. The van der Waals surface area contributed by atoms with Gasteiger partial charge in [0.2, 0.25) is 0 Å². The number of furan rings is 1. The van der Waals surface area contributed by atoms with E-state index < -0.39 is 0 Å². The Labute approximate surface area is 317 Å². The molecule has 0 amide bonds. The lowest BCUT2D eigenvalue weighted by Crippen LogP contribution is -2.33. The molecule has 0 fully saturated rings. The van der Waals surface area contributed by atoms with Crippen LogP contribution in [0, 0.1) is 0 Å². The number of hydrogen-bond acceptors (Lipinski definition) is 4. The second-order valence-electron chi connectivity index (χ2n) is 14.2. The Morgan fingerprint density at radius 3 is 1.84 bits per heavy atom. The van der Waals surface area contributed by atoms with Crippen molar-refractivity contribution < 1.29 is 4.42 Å². The van der Waals surface area contributed by atoms with E-state index in [1.54, 1.807) is 0 Å². The largest absolute Gasteiger partial charge is 0.456 e. The van der Waals surface area contributed by atoms with Gasteiger partial charge in [0.1, 0.15) is 23.2 Å². The van der Waals surface area contributed by atoms with Crippen molar-refractivity contribution in [3.05, 3.63) is 205 Å². The molecule has 0 radical (unpaired) electrons. The molecule has 1 N–H and O–H groups in total. The van der Waals surface area contributed by atoms with Crippen LogP contribution in [0.5, 0.6) is 0 Å². The lowest BCUT2D eigenvalue weighted by molar-refractivity contribution is 0.668. The van der Waals surface area contributed by atoms with E-state index in [0.29, 0.717) is 5.84 Å². The molecule has 0 saturated heterocycles. The summed E-state index contributed by atoms with van der Waals surface area (Å²) in [5.41, 5.74) is 9.27. The predicted molar refractivity (Wildman–Crippen MR) is 229 cm³/mol. The number of benzene rings is 9. The molecule has 1 unspecified atom stereocenters. The molecule has 258 valence electrons. The van der Waals surface area contributed by atoms with Crippen molar-refractivity contribution in [1.82, 2.24) is 5.32 Å². The van der Waals surface area contributed by atoms with Crippen molar-refractivity contribution in [3.63, 3.8) is 0 Å². The third-order valence-corrected chi connectivity index (χ3v) is 10.9. The highest BCUT2D eigenvalue weighted by Crippen LogP contribution is 2.40. The number of hydrogen-bond donors (Lipinski definition) is 1. The minimum absolute atomic E-state index is 0.379. The fraction of sp³-hybridized carbons (Fsp3) is 0.0196. The second-order valence-corrected chi connectivity index (χ2v) is 14.2. The summed E-state index contributed by atoms with van der Waals surface area (Å²) in [4.78, 5) is 10.6. The highest BCUT2D eigenvalue weighted by molar-refractivity contribution is 6.24. The van der Waals surface area contributed by atoms with Crippen LogP contribution in [0.1, 0.15) is 22.9 Å². The molecule has 4 nitrogen and oxygen atoms in total. The van der Waals surface area contributed by atoms with Crippen LogP contribution in [-0.2, 0) is 0 Å². The molecule has 0 bridgehead atoms. The Morgan fingerprint density at radius 1 is 0.418 bits per heavy atom. The maximum atomic E-state index is 6.59. The number of rotatable bonds is 5. The minimum atomic E-state index is -0.379. The van der Waals surface area contributed by atoms with Crippen molar-refractivity contribution in [2.75, 3.05) is 0 Å². The van der Waals surface area contributed by atoms with Gasteiger partial charge in [-0.25, -0.2) is 9.98 Å². The van der Waals surface area contributed by atoms with Crippen molar-refractivity contribution in [2.45, 2.75) is 6.17 Å². The quantitative estimate of drug-likeness (QED) is 0.181. The van der Waals surface area contributed by atoms with Gasteiger partial charge in [-0.2, -0.15) is 0 Å². The van der Waals surface area contributed by atoms with Crippen LogP contribution >= 0.6 is 0 Å². The van der Waals surface area contributed by atoms with Crippen molar-refractivity contribution in [2.24, 2.45) is 9.98 Å². The van der Waals surface area contributed by atoms with E-state index in [0.717, 1.165) is 61.0 Å². The topological polar surface area (TPSA) is 49.9 Å². The first-order valence-electron chi connectivity index (χ1n) is 18.7. The minimum Gasteiger partial charge on any atom is -0.456 e. The van der Waals surface area contributed by atoms with Gasteiger partial charge in [-0.1, -0.05) is 164 Å². The molecule has 11 rings (SSSR count). The molecule has 0 aliphatic carbocycles. The zero-order valence-corrected chi connectivity index (χ0v) is 29.8. The van der Waals surface area contributed by atoms with E-state index >= 15 is 0 Å². The Balaban J connectivity index is 1.09. The normalized spacial score (nSPS) is 14.4. The smallest absolute Gasteiger partial charge is 0.159 e. The number of amidine groups is 2. The third kappa shape index (κ3) is 5.38. The molecule has 4 heteroatoms. The molecule has 10 aromatic rings. The zero-order valence-electron chi connectivity index (χ0n) is 29.8. The maximum Gasteiger partial charge on any atom is 0.159 e. The van der Waals surface area contributed by atoms with Crippen molar-refractivity contribution in [3.8, 4) is 22.3 Å². The fourth-order valence-corrected chi connectivity index (χ4v) is 8.18. The monoisotopic (exact) mass is 703 g/mol. The summed E-state index contributed by atoms with van der Waals surface area (Å²) in [5, 5.41) is 13.1. The molecule has 2 heterocycles. The summed E-state index contributed by atoms with van der Waals surface area (Å²) in [6.45, 7) is 0. The third-order valence-electron chi connectivity index (χ3n) is 10.9. The number of fused-ring (bicyclic) bond motifs is 7. The van der Waals surface area contributed by atoms with Gasteiger partial charge in [0, 0.05) is 21.9 Å². The summed E-state index contributed by atoms with van der Waals surface area (Å²) in [6.07, 6.45) is -0.379. The number of nitrogens with zero attached hydrogens (tertiary/aromatic N) is 2. The van der Waals surface area contributed by atoms with Crippen molar-refractivity contribution in [1.29, 1.82) is 0 Å². The van der Waals surface area contributed by atoms with Crippen LogP contribution in [-0.4, -0.2) is 11.7 Å². The summed E-state index contributed by atoms with van der Waals surface area (Å²) in [6, 6.07) is 66.4. The lowest BCUT2D eigenvalue weighted by Gasteiger charge is -2.24. The van der Waals surface area contributed by atoms with E-state index in [1.165, 1.54) is 38.1 Å². The Kier molecular flexibility index (Phi) is 7.20. The second kappa shape index (κ2) is 12.7. The Morgan fingerprint density at radius 2 is 1.02 bits per heavy atom. The molecule has 1 aliphatic rings. The first-order valence-corrected chi connectivity index (χ1v) is 18.7. The van der Waals surface area contributed by atoms with Gasteiger partial charge in [-0.15, -0.1) is 0 Å². The molecular formula is C51H33N3O. The standard InChI is InChI=1S/C51H33N3O/c1-2-10-32(11-3-1)34-20-23-36(24-21-34)42-16-8-18-45-47(42)48-43(17-9-19-46(48)55-45)51-53-49(39-28-22-33-12-4-5-14-38(33)30-39)52-50(54-51)40-29-27-37-26-25-35-13-6-7-15-41(35)44(37)31-40/h1-31,50H,(H,52,53,54). The summed E-state index contributed by atoms with van der Waals surface area (Å²) >= 11 is 0. The highest BCUT2D eigenvalue weighted by Gasteiger charge is 2.25. The van der Waals surface area contributed by atoms with Crippen molar-refractivity contribution >= 4 is 65.9 Å². The van der Waals surface area contributed by atoms with E-state index in [-0.39, 0.29) is 6.17 Å². The summed E-state index contributed by atoms with van der Waals surface area (Å²) < 4.78 is 6.59. The van der Waals surface area contributed by atoms with Gasteiger partial charge in [0.25, 0.3) is 0 Å². The fourth-order valence-electron chi connectivity index (χ4n) is 8.18. The van der Waals surface area contributed by atoms with Crippen LogP contribution in [0.4, 0.5) is 0 Å². The number of nitrogens with one attached hydrogen (secondary N) is 1. The first-order chi connectivity index (χ1) is 27.2. The Hall–Kier alpha value is -7.30. The molecule has 55 heavy (non-hydrogen) atoms. The predicted octanol–water partition coefficient (Wildman–Crippen LogP) is 12.9. The van der Waals surface area contributed by atoms with Crippen LogP contribution in [0.3, 0.4) is 0 Å². The van der Waals surface area contributed by atoms with Gasteiger partial charge in [0.15, 0.2) is 5.84 Å². The molecule has 1 atom stereocenters. The summed E-state index contributed by atoms with van der Waals surface area (Å²) in [7, 11) is 0. The zero-order chi connectivity index (χ0) is 36.3. The first kappa shape index (κ1) is 31.2. The lowest BCUT2D eigenvalue weighted by atomic mass is 9.95. The molecular weight excluding hydrogens is 671 g/mol. The van der Waals surface area contributed by atoms with Gasteiger partial charge in [-0.05, 0) is 84.4 Å². The summed E-state index contributed by atoms with van der Waals surface area (Å²) in [5.74, 6) is 1.44. The molecule has 1 aliphatic heterocycles. The van der Waals surface area contributed by atoms with E-state index in [4.69, 9.17) is 14.4 Å². The van der Waals surface area contributed by atoms with Crippen LogP contribution in [0.15, 0.2) is 202 Å².